The zero-order chi connectivity index (χ0) is 15.1. The molecule has 0 unspecified atom stereocenters. The molecule has 9 heteroatoms. The van der Waals surface area contributed by atoms with Crippen LogP contribution in [0.1, 0.15) is 24.5 Å². The summed E-state index contributed by atoms with van der Waals surface area (Å²) in [5.74, 6) is -0.560. The number of nitrogens with zero attached hydrogens (tertiary/aromatic N) is 4. The van der Waals surface area contributed by atoms with Crippen LogP contribution in [0.3, 0.4) is 0 Å². The van der Waals surface area contributed by atoms with Crippen LogP contribution in [-0.2, 0) is 24.0 Å². The minimum Gasteiger partial charge on any atom is -0.381 e. The molecule has 1 fully saturated rings. The SMILES string of the molecule is NC1(CN2CCn3c(nnc3C(F)(F)F)C2)CCOCC1. The third-order valence-electron chi connectivity index (χ3n) is 4.11. The number of nitrogens with two attached hydrogens (primary N) is 1. The van der Waals surface area contributed by atoms with Gasteiger partial charge in [-0.15, -0.1) is 10.2 Å². The molecule has 0 aliphatic carbocycles. The molecule has 0 bridgehead atoms. The van der Waals surface area contributed by atoms with E-state index in [9.17, 15) is 13.2 Å². The summed E-state index contributed by atoms with van der Waals surface area (Å²) in [4.78, 5) is 2.05. The van der Waals surface area contributed by atoms with E-state index < -0.39 is 12.0 Å². The third-order valence-corrected chi connectivity index (χ3v) is 4.11. The molecule has 1 aromatic rings. The molecule has 0 atom stereocenters. The van der Waals surface area contributed by atoms with Gasteiger partial charge in [0.2, 0.25) is 5.82 Å². The summed E-state index contributed by atoms with van der Waals surface area (Å²) in [5.41, 5.74) is 6.01. The molecule has 2 aliphatic rings. The van der Waals surface area contributed by atoms with Crippen LogP contribution in [-0.4, -0.2) is 51.5 Å². The summed E-state index contributed by atoms with van der Waals surface area (Å²) in [6.45, 7) is 3.03. The molecule has 0 saturated carbocycles. The van der Waals surface area contributed by atoms with Crippen molar-refractivity contribution in [3.63, 3.8) is 0 Å². The highest BCUT2D eigenvalue weighted by molar-refractivity contribution is 5.03. The van der Waals surface area contributed by atoms with Crippen LogP contribution < -0.4 is 5.73 Å². The number of alkyl halides is 3. The van der Waals surface area contributed by atoms with Gasteiger partial charge in [-0.2, -0.15) is 13.2 Å². The van der Waals surface area contributed by atoms with Gasteiger partial charge < -0.3 is 15.0 Å². The Kier molecular flexibility index (Phi) is 3.66. The van der Waals surface area contributed by atoms with Gasteiger partial charge in [0, 0.05) is 38.4 Å². The standard InChI is InChI=1S/C12H18F3N5O/c13-12(14,15)10-18-17-9-7-19(3-4-20(9)10)8-11(16)1-5-21-6-2-11/h1-8,16H2. The first-order valence-electron chi connectivity index (χ1n) is 6.96. The number of ether oxygens (including phenoxy) is 1. The lowest BCUT2D eigenvalue weighted by atomic mass is 9.90. The van der Waals surface area contributed by atoms with Gasteiger partial charge >= 0.3 is 6.18 Å². The molecule has 118 valence electrons. The van der Waals surface area contributed by atoms with Crippen molar-refractivity contribution in [2.24, 2.45) is 5.73 Å². The summed E-state index contributed by atoms with van der Waals surface area (Å²) >= 11 is 0. The molecule has 0 amide bonds. The highest BCUT2D eigenvalue weighted by atomic mass is 19.4. The van der Waals surface area contributed by atoms with Crippen molar-refractivity contribution in [2.75, 3.05) is 26.3 Å². The van der Waals surface area contributed by atoms with Crippen molar-refractivity contribution >= 4 is 0 Å². The predicted octanol–water partition coefficient (Wildman–Crippen LogP) is 0.620. The van der Waals surface area contributed by atoms with Crippen LogP contribution in [0, 0.1) is 0 Å². The second kappa shape index (κ2) is 5.22. The quantitative estimate of drug-likeness (QED) is 0.867. The first-order chi connectivity index (χ1) is 9.87. The monoisotopic (exact) mass is 305 g/mol. The average molecular weight is 305 g/mol. The minimum atomic E-state index is -4.46. The van der Waals surface area contributed by atoms with Crippen molar-refractivity contribution in [1.82, 2.24) is 19.7 Å². The second-order valence-corrected chi connectivity index (χ2v) is 5.77. The highest BCUT2D eigenvalue weighted by Gasteiger charge is 2.40. The van der Waals surface area contributed by atoms with Crippen LogP contribution >= 0.6 is 0 Å². The zero-order valence-corrected chi connectivity index (χ0v) is 11.6. The van der Waals surface area contributed by atoms with Crippen LogP contribution in [0.2, 0.25) is 0 Å². The van der Waals surface area contributed by atoms with Gasteiger partial charge in [-0.1, -0.05) is 0 Å². The van der Waals surface area contributed by atoms with Crippen LogP contribution in [0.5, 0.6) is 0 Å². The molecule has 6 nitrogen and oxygen atoms in total. The van der Waals surface area contributed by atoms with Crippen molar-refractivity contribution in [3.05, 3.63) is 11.6 Å². The van der Waals surface area contributed by atoms with Gasteiger partial charge in [-0.3, -0.25) is 4.90 Å². The molecule has 0 aromatic carbocycles. The lowest BCUT2D eigenvalue weighted by molar-refractivity contribution is -0.148. The zero-order valence-electron chi connectivity index (χ0n) is 11.6. The van der Waals surface area contributed by atoms with E-state index >= 15 is 0 Å². The van der Waals surface area contributed by atoms with E-state index in [2.05, 4.69) is 15.1 Å². The van der Waals surface area contributed by atoms with Crippen molar-refractivity contribution < 1.29 is 17.9 Å². The molecule has 1 aromatic heterocycles. The van der Waals surface area contributed by atoms with E-state index in [0.29, 0.717) is 38.7 Å². The van der Waals surface area contributed by atoms with E-state index in [-0.39, 0.29) is 12.1 Å². The number of hydrogen-bond donors (Lipinski definition) is 1. The van der Waals surface area contributed by atoms with Crippen molar-refractivity contribution in [3.8, 4) is 0 Å². The topological polar surface area (TPSA) is 69.2 Å². The summed E-state index contributed by atoms with van der Waals surface area (Å²) < 4.78 is 44.8. The van der Waals surface area contributed by atoms with Crippen molar-refractivity contribution in [2.45, 2.75) is 37.6 Å². The van der Waals surface area contributed by atoms with E-state index in [1.807, 2.05) is 0 Å². The lowest BCUT2D eigenvalue weighted by Crippen LogP contribution is -2.54. The first-order valence-corrected chi connectivity index (χ1v) is 6.96. The number of hydrogen-bond acceptors (Lipinski definition) is 5. The number of fused-ring (bicyclic) bond motifs is 1. The summed E-state index contributed by atoms with van der Waals surface area (Å²) in [7, 11) is 0. The summed E-state index contributed by atoms with van der Waals surface area (Å²) in [6.07, 6.45) is -2.92. The van der Waals surface area contributed by atoms with Gasteiger partial charge in [-0.25, -0.2) is 0 Å². The Hall–Kier alpha value is -1.19. The number of rotatable bonds is 2. The van der Waals surface area contributed by atoms with Crippen molar-refractivity contribution in [1.29, 1.82) is 0 Å². The Balaban J connectivity index is 1.69. The molecule has 0 radical (unpaired) electrons. The Morgan fingerprint density at radius 2 is 1.90 bits per heavy atom. The Labute approximate surface area is 120 Å². The smallest absolute Gasteiger partial charge is 0.381 e. The van der Waals surface area contributed by atoms with Gasteiger partial charge in [0.1, 0.15) is 5.82 Å². The van der Waals surface area contributed by atoms with E-state index in [4.69, 9.17) is 10.5 Å². The van der Waals surface area contributed by atoms with E-state index in [1.165, 1.54) is 0 Å². The van der Waals surface area contributed by atoms with Crippen LogP contribution in [0.4, 0.5) is 13.2 Å². The Morgan fingerprint density at radius 3 is 2.57 bits per heavy atom. The predicted molar refractivity (Wildman–Crippen MR) is 67.3 cm³/mol. The normalized spacial score (nSPS) is 23.0. The average Bonchev–Trinajstić information content (AvgIpc) is 2.82. The minimum absolute atomic E-state index is 0.240. The van der Waals surface area contributed by atoms with Gasteiger partial charge in [0.05, 0.1) is 6.54 Å². The molecule has 2 aliphatic heterocycles. The Bertz CT molecular complexity index is 509. The molecule has 3 heterocycles. The fraction of sp³-hybridized carbons (Fsp3) is 0.833. The number of aromatic nitrogens is 3. The van der Waals surface area contributed by atoms with E-state index in [0.717, 1.165) is 17.4 Å². The maximum atomic E-state index is 12.8. The van der Waals surface area contributed by atoms with Gasteiger partial charge in [-0.05, 0) is 12.8 Å². The van der Waals surface area contributed by atoms with Crippen LogP contribution in [0.25, 0.3) is 0 Å². The van der Waals surface area contributed by atoms with E-state index in [1.54, 1.807) is 0 Å². The lowest BCUT2D eigenvalue weighted by Gasteiger charge is -2.39. The maximum Gasteiger partial charge on any atom is 0.451 e. The fourth-order valence-electron chi connectivity index (χ4n) is 2.93. The molecule has 0 spiro atoms. The first kappa shape index (κ1) is 14.7. The molecular weight excluding hydrogens is 287 g/mol. The summed E-state index contributed by atoms with van der Waals surface area (Å²) in [6, 6.07) is 0. The molecule has 2 N–H and O–H groups in total. The highest BCUT2D eigenvalue weighted by Crippen LogP contribution is 2.30. The van der Waals surface area contributed by atoms with Gasteiger partial charge in [0.15, 0.2) is 0 Å². The Morgan fingerprint density at radius 1 is 1.19 bits per heavy atom. The largest absolute Gasteiger partial charge is 0.451 e. The van der Waals surface area contributed by atoms with Crippen LogP contribution in [0.15, 0.2) is 0 Å². The molecule has 1 saturated heterocycles. The second-order valence-electron chi connectivity index (χ2n) is 5.77. The molecule has 21 heavy (non-hydrogen) atoms. The number of halogens is 3. The molecular formula is C12H18F3N5O. The van der Waals surface area contributed by atoms with Gasteiger partial charge in [0.25, 0.3) is 0 Å². The summed E-state index contributed by atoms with van der Waals surface area (Å²) in [5, 5.41) is 6.95. The maximum absolute atomic E-state index is 12.8. The fourth-order valence-corrected chi connectivity index (χ4v) is 2.93. The molecule has 3 rings (SSSR count). The third kappa shape index (κ3) is 3.04.